The van der Waals surface area contributed by atoms with Gasteiger partial charge in [0.1, 0.15) is 24.4 Å². The van der Waals surface area contributed by atoms with Crippen molar-refractivity contribution in [1.29, 1.82) is 0 Å². The molecule has 0 saturated carbocycles. The molecular formula is C12H20Cl2N4O4. The second-order valence-corrected chi connectivity index (χ2v) is 4.63. The van der Waals surface area contributed by atoms with Crippen molar-refractivity contribution in [2.24, 2.45) is 0 Å². The van der Waals surface area contributed by atoms with Crippen molar-refractivity contribution in [3.8, 4) is 0 Å². The van der Waals surface area contributed by atoms with Crippen LogP contribution in [0.3, 0.4) is 0 Å². The predicted molar refractivity (Wildman–Crippen MR) is 83.0 cm³/mol. The second kappa shape index (κ2) is 9.78. The Morgan fingerprint density at radius 2 is 1.09 bits per heavy atom. The molecule has 0 bridgehead atoms. The van der Waals surface area contributed by atoms with E-state index < -0.39 is 24.4 Å². The molecule has 4 atom stereocenters. The first-order chi connectivity index (χ1) is 9.58. The molecule has 2 heterocycles. The van der Waals surface area contributed by atoms with Crippen LogP contribution in [0.5, 0.6) is 0 Å². The molecule has 8 nitrogen and oxygen atoms in total. The SMILES string of the molecule is Cl.Cl.O[C@@H]([C@H](O)[C@H](O)Cn1ccnc1)[C@H](O)Cn1ccnc1. The summed E-state index contributed by atoms with van der Waals surface area (Å²) >= 11 is 0. The summed E-state index contributed by atoms with van der Waals surface area (Å²) in [5, 5.41) is 39.4. The summed E-state index contributed by atoms with van der Waals surface area (Å²) in [7, 11) is 0. The smallest absolute Gasteiger partial charge is 0.110 e. The number of hydrogen-bond acceptors (Lipinski definition) is 6. The number of hydrogen-bond donors (Lipinski definition) is 4. The normalized spacial score (nSPS) is 16.0. The Balaban J connectivity index is 0.00000220. The minimum absolute atomic E-state index is 0. The van der Waals surface area contributed by atoms with Crippen molar-refractivity contribution in [2.45, 2.75) is 37.5 Å². The Bertz CT molecular complexity index is 451. The average molecular weight is 355 g/mol. The Labute approximate surface area is 139 Å². The van der Waals surface area contributed by atoms with Crippen molar-refractivity contribution in [3.05, 3.63) is 37.4 Å². The topological polar surface area (TPSA) is 117 Å². The molecule has 0 amide bonds. The van der Waals surface area contributed by atoms with Crippen molar-refractivity contribution >= 4 is 24.8 Å². The maximum Gasteiger partial charge on any atom is 0.110 e. The zero-order valence-electron chi connectivity index (χ0n) is 11.6. The van der Waals surface area contributed by atoms with Crippen LogP contribution in [-0.2, 0) is 13.1 Å². The van der Waals surface area contributed by atoms with Gasteiger partial charge in [0.05, 0.1) is 25.7 Å². The van der Waals surface area contributed by atoms with Crippen LogP contribution in [0.15, 0.2) is 37.4 Å². The van der Waals surface area contributed by atoms with Crippen molar-refractivity contribution in [2.75, 3.05) is 0 Å². The zero-order valence-corrected chi connectivity index (χ0v) is 13.2. The molecule has 0 fully saturated rings. The number of halogens is 2. The monoisotopic (exact) mass is 354 g/mol. The third-order valence-electron chi connectivity index (χ3n) is 3.05. The predicted octanol–water partition coefficient (Wildman–Crippen LogP) is -0.933. The summed E-state index contributed by atoms with van der Waals surface area (Å²) in [4.78, 5) is 7.63. The molecule has 22 heavy (non-hydrogen) atoms. The highest BCUT2D eigenvalue weighted by atomic mass is 35.5. The average Bonchev–Trinajstić information content (AvgIpc) is 3.10. The maximum absolute atomic E-state index is 9.87. The van der Waals surface area contributed by atoms with Crippen LogP contribution in [0, 0.1) is 0 Å². The zero-order chi connectivity index (χ0) is 14.5. The highest BCUT2D eigenvalue weighted by Gasteiger charge is 2.30. The molecule has 0 aliphatic rings. The van der Waals surface area contributed by atoms with Gasteiger partial charge in [-0.2, -0.15) is 0 Å². The van der Waals surface area contributed by atoms with Gasteiger partial charge in [-0.1, -0.05) is 0 Å². The van der Waals surface area contributed by atoms with E-state index in [1.54, 1.807) is 33.9 Å². The molecule has 0 aliphatic heterocycles. The maximum atomic E-state index is 9.87. The summed E-state index contributed by atoms with van der Waals surface area (Å²) in [6.07, 6.45) is 3.98. The van der Waals surface area contributed by atoms with E-state index >= 15 is 0 Å². The summed E-state index contributed by atoms with van der Waals surface area (Å²) in [6.45, 7) is 0.159. The molecule has 0 spiro atoms. The van der Waals surface area contributed by atoms with Gasteiger partial charge < -0.3 is 29.6 Å². The van der Waals surface area contributed by atoms with Gasteiger partial charge in [-0.15, -0.1) is 24.8 Å². The lowest BCUT2D eigenvalue weighted by Gasteiger charge is -2.26. The lowest BCUT2D eigenvalue weighted by Crippen LogP contribution is -2.47. The molecule has 0 aliphatic carbocycles. The number of aliphatic hydroxyl groups is 4. The van der Waals surface area contributed by atoms with Gasteiger partial charge in [-0.25, -0.2) is 9.97 Å². The lowest BCUT2D eigenvalue weighted by atomic mass is 10.0. The third-order valence-corrected chi connectivity index (χ3v) is 3.05. The third kappa shape index (κ3) is 5.56. The van der Waals surface area contributed by atoms with Crippen LogP contribution in [0.1, 0.15) is 0 Å². The van der Waals surface area contributed by atoms with Crippen LogP contribution >= 0.6 is 24.8 Å². The van der Waals surface area contributed by atoms with Crippen molar-refractivity contribution < 1.29 is 20.4 Å². The van der Waals surface area contributed by atoms with E-state index in [1.807, 2.05) is 0 Å². The summed E-state index contributed by atoms with van der Waals surface area (Å²) in [6, 6.07) is 0. The molecule has 10 heteroatoms. The molecule has 2 rings (SSSR count). The molecule has 0 saturated heterocycles. The molecule has 0 radical (unpaired) electrons. The van der Waals surface area contributed by atoms with Gasteiger partial charge in [0.15, 0.2) is 0 Å². The van der Waals surface area contributed by atoms with Gasteiger partial charge in [-0.05, 0) is 0 Å². The van der Waals surface area contributed by atoms with E-state index in [1.165, 1.54) is 12.7 Å². The summed E-state index contributed by atoms with van der Waals surface area (Å²) in [5.41, 5.74) is 0. The van der Waals surface area contributed by atoms with Gasteiger partial charge in [-0.3, -0.25) is 0 Å². The molecule has 0 unspecified atom stereocenters. The van der Waals surface area contributed by atoms with E-state index in [4.69, 9.17) is 0 Å². The van der Waals surface area contributed by atoms with Crippen molar-refractivity contribution in [3.63, 3.8) is 0 Å². The van der Waals surface area contributed by atoms with Gasteiger partial charge in [0, 0.05) is 24.8 Å². The molecule has 4 N–H and O–H groups in total. The van der Waals surface area contributed by atoms with Gasteiger partial charge >= 0.3 is 0 Å². The fourth-order valence-corrected chi connectivity index (χ4v) is 1.89. The van der Waals surface area contributed by atoms with E-state index in [-0.39, 0.29) is 37.9 Å². The first-order valence-electron chi connectivity index (χ1n) is 6.21. The van der Waals surface area contributed by atoms with Crippen molar-refractivity contribution in [1.82, 2.24) is 19.1 Å². The molecule has 0 aromatic carbocycles. The largest absolute Gasteiger partial charge is 0.388 e. The number of aliphatic hydroxyl groups excluding tert-OH is 4. The summed E-state index contributed by atoms with van der Waals surface area (Å²) in [5.74, 6) is 0. The van der Waals surface area contributed by atoms with E-state index in [0.29, 0.717) is 0 Å². The number of rotatable bonds is 7. The van der Waals surface area contributed by atoms with Crippen LogP contribution in [0.4, 0.5) is 0 Å². The molecular weight excluding hydrogens is 335 g/mol. The summed E-state index contributed by atoms with van der Waals surface area (Å²) < 4.78 is 3.14. The number of nitrogens with zero attached hydrogens (tertiary/aromatic N) is 4. The Morgan fingerprint density at radius 1 is 0.727 bits per heavy atom. The highest BCUT2D eigenvalue weighted by molar-refractivity contribution is 5.85. The minimum Gasteiger partial charge on any atom is -0.388 e. The van der Waals surface area contributed by atoms with Crippen LogP contribution in [-0.4, -0.2) is 63.9 Å². The minimum atomic E-state index is -1.46. The first kappa shape index (κ1) is 20.8. The van der Waals surface area contributed by atoms with Crippen LogP contribution in [0.2, 0.25) is 0 Å². The molecule has 2 aromatic heterocycles. The Morgan fingerprint density at radius 3 is 1.36 bits per heavy atom. The van der Waals surface area contributed by atoms with E-state index in [0.717, 1.165) is 0 Å². The highest BCUT2D eigenvalue weighted by Crippen LogP contribution is 2.09. The standard InChI is InChI=1S/C12H18N4O4.2ClH/c17-9(5-15-3-1-13-7-15)11(19)12(20)10(18)6-16-4-2-14-8-16;;/h1-4,7-12,17-20H,5-6H2;2*1H/t9-,10-,11-,12-;;/m1../s1. The number of imidazole rings is 2. The number of aromatic nitrogens is 4. The first-order valence-corrected chi connectivity index (χ1v) is 6.21. The Hall–Kier alpha value is -1.16. The molecule has 126 valence electrons. The van der Waals surface area contributed by atoms with E-state index in [9.17, 15) is 20.4 Å². The fourth-order valence-electron chi connectivity index (χ4n) is 1.89. The quantitative estimate of drug-likeness (QED) is 0.510. The van der Waals surface area contributed by atoms with E-state index in [2.05, 4.69) is 9.97 Å². The van der Waals surface area contributed by atoms with Crippen LogP contribution in [0.25, 0.3) is 0 Å². The van der Waals surface area contributed by atoms with Gasteiger partial charge in [0.25, 0.3) is 0 Å². The van der Waals surface area contributed by atoms with Gasteiger partial charge in [0.2, 0.25) is 0 Å². The fraction of sp³-hybridized carbons (Fsp3) is 0.500. The molecule has 2 aromatic rings. The Kier molecular flexibility index (Phi) is 9.26. The van der Waals surface area contributed by atoms with Crippen LogP contribution < -0.4 is 0 Å². The second-order valence-electron chi connectivity index (χ2n) is 4.63. The lowest BCUT2D eigenvalue weighted by molar-refractivity contribution is -0.111.